The lowest BCUT2D eigenvalue weighted by atomic mass is 9.87. The van der Waals surface area contributed by atoms with Gasteiger partial charge in [0.2, 0.25) is 5.91 Å². The Hall–Kier alpha value is -4.78. The maximum Gasteiger partial charge on any atom is 0.337 e. The number of nitrogens with zero attached hydrogens (tertiary/aromatic N) is 2. The van der Waals surface area contributed by atoms with Gasteiger partial charge in [-0.15, -0.1) is 0 Å². The lowest BCUT2D eigenvalue weighted by Crippen LogP contribution is -2.37. The fourth-order valence-electron chi connectivity index (χ4n) is 5.83. The monoisotopic (exact) mass is 545 g/mol. The van der Waals surface area contributed by atoms with Gasteiger partial charge in [-0.1, -0.05) is 54.6 Å². The number of hydrogen-bond acceptors (Lipinski definition) is 5. The van der Waals surface area contributed by atoms with Crippen LogP contribution in [-0.2, 0) is 29.0 Å². The van der Waals surface area contributed by atoms with Crippen LogP contribution in [0.25, 0.3) is 11.1 Å². The Morgan fingerprint density at radius 1 is 0.927 bits per heavy atom. The van der Waals surface area contributed by atoms with Crippen molar-refractivity contribution in [1.29, 1.82) is 0 Å². The van der Waals surface area contributed by atoms with Crippen molar-refractivity contribution in [2.75, 3.05) is 13.7 Å². The summed E-state index contributed by atoms with van der Waals surface area (Å²) in [5, 5.41) is 3.17. The molecular weight excluding hydrogens is 514 g/mol. The van der Waals surface area contributed by atoms with Crippen molar-refractivity contribution >= 4 is 17.8 Å². The quantitative estimate of drug-likeness (QED) is 0.325. The van der Waals surface area contributed by atoms with E-state index in [2.05, 4.69) is 28.5 Å². The van der Waals surface area contributed by atoms with Gasteiger partial charge in [0.05, 0.1) is 12.7 Å². The third-order valence-electron chi connectivity index (χ3n) is 8.13. The molecular formula is C34H31N3O4. The molecule has 1 aliphatic heterocycles. The standard InChI is InChI=1S/C34H31N3O4/c1-41-34(40)25-9-5-8-24(18-25)27-11-10-26(20-36-32(38)30-19-29(30)22-6-3-2-4-7-22)31-21-37(17-14-28(27)31)33(39)23-12-15-35-16-13-23/h2-13,15-16,18,29-30H,14,17,19-21H2,1H3,(H,36,38)/t29-,30+/m0/s1. The molecule has 0 spiro atoms. The average molecular weight is 546 g/mol. The number of esters is 1. The third kappa shape index (κ3) is 5.48. The van der Waals surface area contributed by atoms with Crippen molar-refractivity contribution in [2.45, 2.75) is 31.8 Å². The van der Waals surface area contributed by atoms with E-state index in [0.717, 1.165) is 34.2 Å². The van der Waals surface area contributed by atoms with E-state index < -0.39 is 0 Å². The molecule has 2 aliphatic rings. The van der Waals surface area contributed by atoms with E-state index in [1.165, 1.54) is 12.7 Å². The smallest absolute Gasteiger partial charge is 0.337 e. The van der Waals surface area contributed by atoms with E-state index in [0.29, 0.717) is 37.2 Å². The van der Waals surface area contributed by atoms with Crippen LogP contribution < -0.4 is 5.32 Å². The number of carbonyl (C=O) groups is 3. The summed E-state index contributed by atoms with van der Waals surface area (Å²) in [6.07, 6.45) is 4.76. The molecule has 1 N–H and O–H groups in total. The number of nitrogens with one attached hydrogen (secondary N) is 1. The summed E-state index contributed by atoms with van der Waals surface area (Å²) in [5.74, 6) is -0.123. The summed E-state index contributed by atoms with van der Waals surface area (Å²) in [7, 11) is 1.37. The number of hydrogen-bond donors (Lipinski definition) is 1. The molecule has 1 aromatic heterocycles. The van der Waals surface area contributed by atoms with E-state index >= 15 is 0 Å². The zero-order valence-corrected chi connectivity index (χ0v) is 22.9. The molecule has 0 radical (unpaired) electrons. The van der Waals surface area contributed by atoms with Gasteiger partial charge in [0.1, 0.15) is 0 Å². The lowest BCUT2D eigenvalue weighted by Gasteiger charge is -2.32. The van der Waals surface area contributed by atoms with Gasteiger partial charge >= 0.3 is 5.97 Å². The van der Waals surface area contributed by atoms with Crippen LogP contribution in [0.15, 0.2) is 91.3 Å². The maximum atomic E-state index is 13.3. The first-order valence-corrected chi connectivity index (χ1v) is 13.9. The Labute approximate surface area is 239 Å². The average Bonchev–Trinajstić information content (AvgIpc) is 3.85. The van der Waals surface area contributed by atoms with Crippen molar-refractivity contribution in [1.82, 2.24) is 15.2 Å². The molecule has 2 atom stereocenters. The molecule has 1 aliphatic carbocycles. The van der Waals surface area contributed by atoms with Crippen LogP contribution in [0.2, 0.25) is 0 Å². The Balaban J connectivity index is 1.28. The van der Waals surface area contributed by atoms with Crippen molar-refractivity contribution < 1.29 is 19.1 Å². The van der Waals surface area contributed by atoms with E-state index in [1.54, 1.807) is 30.6 Å². The number of methoxy groups -OCH3 is 1. The van der Waals surface area contributed by atoms with Gasteiger partial charge in [-0.2, -0.15) is 0 Å². The number of aromatic nitrogens is 1. The van der Waals surface area contributed by atoms with Crippen LogP contribution in [0.3, 0.4) is 0 Å². The number of benzene rings is 3. The van der Waals surface area contributed by atoms with Crippen LogP contribution in [0.1, 0.15) is 55.3 Å². The topological polar surface area (TPSA) is 88.6 Å². The second-order valence-electron chi connectivity index (χ2n) is 10.6. The van der Waals surface area contributed by atoms with Crippen molar-refractivity contribution in [3.8, 4) is 11.1 Å². The minimum atomic E-state index is -0.386. The number of carbonyl (C=O) groups excluding carboxylic acids is 3. The second kappa shape index (κ2) is 11.4. The minimum Gasteiger partial charge on any atom is -0.465 e. The Morgan fingerprint density at radius 2 is 1.73 bits per heavy atom. The third-order valence-corrected chi connectivity index (χ3v) is 8.13. The first kappa shape index (κ1) is 26.4. The molecule has 2 heterocycles. The number of ether oxygens (including phenoxy) is 1. The molecule has 7 heteroatoms. The highest BCUT2D eigenvalue weighted by Gasteiger charge is 2.43. The van der Waals surface area contributed by atoms with Crippen LogP contribution >= 0.6 is 0 Å². The van der Waals surface area contributed by atoms with E-state index in [4.69, 9.17) is 4.74 Å². The molecule has 1 fully saturated rings. The van der Waals surface area contributed by atoms with Crippen LogP contribution in [0.5, 0.6) is 0 Å². The molecule has 41 heavy (non-hydrogen) atoms. The van der Waals surface area contributed by atoms with Gasteiger partial charge in [-0.05, 0) is 76.4 Å². The highest BCUT2D eigenvalue weighted by molar-refractivity contribution is 5.94. The van der Waals surface area contributed by atoms with Crippen molar-refractivity contribution in [3.63, 3.8) is 0 Å². The van der Waals surface area contributed by atoms with E-state index in [1.807, 2.05) is 47.4 Å². The maximum absolute atomic E-state index is 13.3. The fourth-order valence-corrected chi connectivity index (χ4v) is 5.83. The first-order valence-electron chi connectivity index (χ1n) is 13.9. The van der Waals surface area contributed by atoms with Crippen LogP contribution in [0.4, 0.5) is 0 Å². The van der Waals surface area contributed by atoms with Crippen LogP contribution in [0, 0.1) is 5.92 Å². The molecule has 0 bridgehead atoms. The van der Waals surface area contributed by atoms with E-state index in [-0.39, 0.29) is 29.6 Å². The Kier molecular flexibility index (Phi) is 7.33. The zero-order valence-electron chi connectivity index (χ0n) is 22.9. The molecule has 1 saturated carbocycles. The molecule has 6 rings (SSSR count). The first-order chi connectivity index (χ1) is 20.0. The van der Waals surface area contributed by atoms with Gasteiger partial charge in [0.25, 0.3) is 5.91 Å². The number of pyridine rings is 1. The fraction of sp³-hybridized carbons (Fsp3) is 0.235. The molecule has 3 aromatic carbocycles. The normalized spacial score (nSPS) is 17.3. The summed E-state index contributed by atoms with van der Waals surface area (Å²) in [6.45, 7) is 1.38. The predicted octanol–water partition coefficient (Wildman–Crippen LogP) is 5.15. The van der Waals surface area contributed by atoms with Gasteiger partial charge < -0.3 is 15.0 Å². The van der Waals surface area contributed by atoms with Gasteiger partial charge in [-0.25, -0.2) is 4.79 Å². The summed E-state index contributed by atoms with van der Waals surface area (Å²) >= 11 is 0. The second-order valence-corrected chi connectivity index (χ2v) is 10.6. The molecule has 2 amide bonds. The SMILES string of the molecule is COC(=O)c1cccc(-c2ccc(CNC(=O)[C@@H]3C[C@H]3c3ccccc3)c3c2CCN(C(=O)c2ccncc2)C3)c1. The predicted molar refractivity (Wildman–Crippen MR) is 155 cm³/mol. The number of rotatable bonds is 7. The lowest BCUT2D eigenvalue weighted by molar-refractivity contribution is -0.122. The molecule has 0 unspecified atom stereocenters. The minimum absolute atomic E-state index is 0.0154. The van der Waals surface area contributed by atoms with Gasteiger partial charge in [-0.3, -0.25) is 14.6 Å². The molecule has 0 saturated heterocycles. The largest absolute Gasteiger partial charge is 0.465 e. The number of fused-ring (bicyclic) bond motifs is 1. The highest BCUT2D eigenvalue weighted by atomic mass is 16.5. The van der Waals surface area contributed by atoms with Gasteiger partial charge in [0.15, 0.2) is 0 Å². The molecule has 4 aromatic rings. The van der Waals surface area contributed by atoms with E-state index in [9.17, 15) is 14.4 Å². The molecule has 7 nitrogen and oxygen atoms in total. The Bertz CT molecular complexity index is 1600. The zero-order chi connectivity index (χ0) is 28.3. The van der Waals surface area contributed by atoms with Crippen molar-refractivity contribution in [3.05, 3.63) is 125 Å². The summed E-state index contributed by atoms with van der Waals surface area (Å²) in [6, 6.07) is 25.1. The highest BCUT2D eigenvalue weighted by Crippen LogP contribution is 2.47. The van der Waals surface area contributed by atoms with Gasteiger partial charge in [0, 0.05) is 43.5 Å². The van der Waals surface area contributed by atoms with Crippen LogP contribution in [-0.4, -0.2) is 41.3 Å². The summed E-state index contributed by atoms with van der Waals surface area (Å²) in [4.78, 5) is 44.5. The number of amides is 2. The molecule has 206 valence electrons. The van der Waals surface area contributed by atoms with Crippen molar-refractivity contribution in [2.24, 2.45) is 5.92 Å². The summed E-state index contributed by atoms with van der Waals surface area (Å²) < 4.78 is 4.93. The Morgan fingerprint density at radius 3 is 2.51 bits per heavy atom. The summed E-state index contributed by atoms with van der Waals surface area (Å²) in [5.41, 5.74) is 7.37.